The van der Waals surface area contributed by atoms with Gasteiger partial charge < -0.3 is 10.5 Å². The van der Waals surface area contributed by atoms with E-state index < -0.39 is 30.3 Å². The van der Waals surface area contributed by atoms with Crippen molar-refractivity contribution in [2.75, 3.05) is 20.3 Å². The lowest BCUT2D eigenvalue weighted by Crippen LogP contribution is -2.48. The van der Waals surface area contributed by atoms with E-state index in [1.54, 1.807) is 12.1 Å². The van der Waals surface area contributed by atoms with Gasteiger partial charge in [0.25, 0.3) is 0 Å². The summed E-state index contributed by atoms with van der Waals surface area (Å²) in [6, 6.07) is 2.47. The first-order valence-corrected chi connectivity index (χ1v) is 10.3. The molecule has 32 heavy (non-hydrogen) atoms. The summed E-state index contributed by atoms with van der Waals surface area (Å²) < 4.78 is 62.4. The highest BCUT2D eigenvalue weighted by molar-refractivity contribution is 5.96. The van der Waals surface area contributed by atoms with Gasteiger partial charge in [-0.05, 0) is 24.6 Å². The van der Waals surface area contributed by atoms with Gasteiger partial charge in [-0.2, -0.15) is 8.78 Å². The lowest BCUT2D eigenvalue weighted by atomic mass is 9.93. The summed E-state index contributed by atoms with van der Waals surface area (Å²) in [6.07, 6.45) is -0.318. The highest BCUT2D eigenvalue weighted by Crippen LogP contribution is 2.35. The first-order chi connectivity index (χ1) is 15.3. The molecule has 0 radical (unpaired) electrons. The fraction of sp³-hybridized carbons (Fsp3) is 0.500. The van der Waals surface area contributed by atoms with Gasteiger partial charge in [0, 0.05) is 37.8 Å². The second kappa shape index (κ2) is 8.10. The molecule has 0 bridgehead atoms. The third kappa shape index (κ3) is 3.56. The molecule has 0 spiro atoms. The van der Waals surface area contributed by atoms with E-state index in [0.717, 1.165) is 22.8 Å². The lowest BCUT2D eigenvalue weighted by molar-refractivity contribution is -0.0539. The predicted molar refractivity (Wildman–Crippen MR) is 106 cm³/mol. The van der Waals surface area contributed by atoms with Gasteiger partial charge in [-0.15, -0.1) is 0 Å². The van der Waals surface area contributed by atoms with Crippen molar-refractivity contribution >= 4 is 5.84 Å². The minimum Gasteiger partial charge on any atom is -0.370 e. The van der Waals surface area contributed by atoms with Crippen LogP contribution in [-0.4, -0.2) is 57.7 Å². The van der Waals surface area contributed by atoms with Crippen LogP contribution in [0.5, 0.6) is 0 Å². The van der Waals surface area contributed by atoms with Crippen molar-refractivity contribution in [2.24, 2.45) is 10.7 Å². The summed E-state index contributed by atoms with van der Waals surface area (Å²) in [7, 11) is 1.70. The average Bonchev–Trinajstić information content (AvgIpc) is 3.43. The number of hydrazine groups is 1. The standard InChI is InChI=1S/C20H23F4N7O/c1-29-18(26-9-27-29)19-28-15-6-30(7-16(15)31(19)20(23)24)11-5-14(25)17(32-8-11)12-4-10(21)2-3-13(12)22/h2-4,11,14,17,20,27H,5-9,25H2,1H3/t11-,14+,17-/m1/s1. The molecule has 1 aromatic carbocycles. The quantitative estimate of drug-likeness (QED) is 0.688. The molecule has 3 N–H and O–H groups in total. The Balaban J connectivity index is 1.32. The number of nitrogens with zero attached hydrogens (tertiary/aromatic N) is 5. The number of fused-ring (bicyclic) bond motifs is 1. The van der Waals surface area contributed by atoms with Crippen molar-refractivity contribution in [3.05, 3.63) is 52.6 Å². The van der Waals surface area contributed by atoms with E-state index in [2.05, 4.69) is 15.4 Å². The largest absolute Gasteiger partial charge is 0.370 e. The number of aromatic nitrogens is 2. The molecule has 3 aliphatic heterocycles. The summed E-state index contributed by atoms with van der Waals surface area (Å²) in [5.74, 6) is -0.631. The van der Waals surface area contributed by atoms with Crippen molar-refractivity contribution in [2.45, 2.75) is 44.2 Å². The van der Waals surface area contributed by atoms with Gasteiger partial charge in [-0.25, -0.2) is 24.2 Å². The first kappa shape index (κ1) is 21.3. The average molecular weight is 453 g/mol. The number of ether oxygens (including phenoxy) is 1. The molecule has 0 aliphatic carbocycles. The minimum absolute atomic E-state index is 0.0891. The van der Waals surface area contributed by atoms with Crippen LogP contribution in [0, 0.1) is 11.6 Å². The van der Waals surface area contributed by atoms with Crippen LogP contribution >= 0.6 is 0 Å². The molecule has 1 fully saturated rings. The molecule has 0 amide bonds. The van der Waals surface area contributed by atoms with Crippen LogP contribution in [0.3, 0.4) is 0 Å². The van der Waals surface area contributed by atoms with Gasteiger partial charge in [-0.1, -0.05) is 0 Å². The maximum absolute atomic E-state index is 14.2. The van der Waals surface area contributed by atoms with Crippen LogP contribution < -0.4 is 11.2 Å². The number of aliphatic imine (C=N–C) groups is 1. The molecule has 172 valence electrons. The topological polar surface area (TPSA) is 83.9 Å². The van der Waals surface area contributed by atoms with Crippen molar-refractivity contribution in [1.82, 2.24) is 24.9 Å². The summed E-state index contributed by atoms with van der Waals surface area (Å²) >= 11 is 0. The molecule has 12 heteroatoms. The van der Waals surface area contributed by atoms with Gasteiger partial charge in [0.05, 0.1) is 18.0 Å². The number of nitrogens with one attached hydrogen (secondary N) is 1. The highest BCUT2D eigenvalue weighted by atomic mass is 19.3. The number of imidazole rings is 1. The molecule has 1 saturated heterocycles. The maximum Gasteiger partial charge on any atom is 0.320 e. The molecule has 2 aromatic rings. The monoisotopic (exact) mass is 453 g/mol. The van der Waals surface area contributed by atoms with Crippen LogP contribution in [0.2, 0.25) is 0 Å². The molecule has 0 unspecified atom stereocenters. The Morgan fingerprint density at radius 2 is 2.06 bits per heavy atom. The predicted octanol–water partition coefficient (Wildman–Crippen LogP) is 1.88. The number of hydrogen-bond donors (Lipinski definition) is 2. The van der Waals surface area contributed by atoms with Crippen molar-refractivity contribution in [1.29, 1.82) is 0 Å². The Kier molecular flexibility index (Phi) is 5.40. The van der Waals surface area contributed by atoms with Gasteiger partial charge >= 0.3 is 6.55 Å². The second-order valence-corrected chi connectivity index (χ2v) is 8.21. The zero-order valence-corrected chi connectivity index (χ0v) is 17.3. The van der Waals surface area contributed by atoms with E-state index in [1.807, 2.05) is 4.90 Å². The Hall–Kier alpha value is -2.54. The van der Waals surface area contributed by atoms with Gasteiger partial charge in [0.1, 0.15) is 24.4 Å². The van der Waals surface area contributed by atoms with Gasteiger partial charge in [0.15, 0.2) is 11.7 Å². The number of rotatable bonds is 4. The Morgan fingerprint density at radius 3 is 2.75 bits per heavy atom. The summed E-state index contributed by atoms with van der Waals surface area (Å²) in [4.78, 5) is 10.7. The first-order valence-electron chi connectivity index (χ1n) is 10.3. The Bertz CT molecular complexity index is 1060. The molecule has 8 nitrogen and oxygen atoms in total. The van der Waals surface area contributed by atoms with E-state index in [4.69, 9.17) is 10.5 Å². The van der Waals surface area contributed by atoms with E-state index in [1.165, 1.54) is 0 Å². The molecule has 5 rings (SSSR count). The molecule has 1 aromatic heterocycles. The van der Waals surface area contributed by atoms with Gasteiger partial charge in [-0.3, -0.25) is 14.5 Å². The van der Waals surface area contributed by atoms with E-state index in [0.29, 0.717) is 36.9 Å². The summed E-state index contributed by atoms with van der Waals surface area (Å²) in [6.45, 7) is -1.60. The molecule has 3 aliphatic rings. The SMILES string of the molecule is CN1NCN=C1c1nc2c(n1C(F)F)CN([C@H]1CO[C@H](c3cc(F)ccc3F)[C@@H](N)C1)C2. The minimum atomic E-state index is -2.76. The second-order valence-electron chi connectivity index (χ2n) is 8.21. The molecular formula is C20H23F4N7O. The molecule has 3 atom stereocenters. The van der Waals surface area contributed by atoms with Gasteiger partial charge in [0.2, 0.25) is 0 Å². The van der Waals surface area contributed by atoms with E-state index >= 15 is 0 Å². The maximum atomic E-state index is 14.2. The zero-order chi connectivity index (χ0) is 22.6. The van der Waals surface area contributed by atoms with Crippen LogP contribution in [0.25, 0.3) is 0 Å². The number of alkyl halides is 2. The number of amidine groups is 1. The summed E-state index contributed by atoms with van der Waals surface area (Å²) in [5, 5.41) is 1.58. The third-order valence-corrected chi connectivity index (χ3v) is 6.23. The Labute approximate surface area is 181 Å². The lowest BCUT2D eigenvalue weighted by Gasteiger charge is -2.38. The fourth-order valence-electron chi connectivity index (χ4n) is 4.64. The zero-order valence-electron chi connectivity index (χ0n) is 17.3. The normalized spacial score (nSPS) is 26.2. The Morgan fingerprint density at radius 1 is 1.25 bits per heavy atom. The smallest absolute Gasteiger partial charge is 0.320 e. The van der Waals surface area contributed by atoms with Crippen LogP contribution in [0.15, 0.2) is 23.2 Å². The summed E-state index contributed by atoms with van der Waals surface area (Å²) in [5.41, 5.74) is 10.3. The van der Waals surface area contributed by atoms with Crippen LogP contribution in [0.1, 0.15) is 41.8 Å². The van der Waals surface area contributed by atoms with Crippen LogP contribution in [0.4, 0.5) is 17.6 Å². The number of halogens is 4. The molecule has 0 saturated carbocycles. The number of nitrogens with two attached hydrogens (primary N) is 1. The van der Waals surface area contributed by atoms with Crippen molar-refractivity contribution < 1.29 is 22.3 Å². The third-order valence-electron chi connectivity index (χ3n) is 6.23. The molecular weight excluding hydrogens is 430 g/mol. The van der Waals surface area contributed by atoms with Crippen molar-refractivity contribution in [3.63, 3.8) is 0 Å². The number of benzene rings is 1. The van der Waals surface area contributed by atoms with Crippen molar-refractivity contribution in [3.8, 4) is 0 Å². The highest BCUT2D eigenvalue weighted by Gasteiger charge is 2.39. The van der Waals surface area contributed by atoms with Crippen LogP contribution in [-0.2, 0) is 17.8 Å². The van der Waals surface area contributed by atoms with E-state index in [-0.39, 0.29) is 30.6 Å². The molecule has 4 heterocycles. The van der Waals surface area contributed by atoms with E-state index in [9.17, 15) is 17.6 Å². The number of hydrogen-bond acceptors (Lipinski definition) is 7. The fourth-order valence-corrected chi connectivity index (χ4v) is 4.64.